The second kappa shape index (κ2) is 4.78. The Balaban J connectivity index is 2.83. The summed E-state index contributed by atoms with van der Waals surface area (Å²) in [6.07, 6.45) is 0. The maximum Gasteiger partial charge on any atom is 0.351 e. The number of ketones is 1. The van der Waals surface area contributed by atoms with Crippen LogP contribution >= 0.6 is 12.2 Å². The van der Waals surface area contributed by atoms with Gasteiger partial charge in [-0.15, -0.1) is 0 Å². The topological polar surface area (TPSA) is 69.4 Å². The second-order valence-corrected chi connectivity index (χ2v) is 2.96. The van der Waals surface area contributed by atoms with Crippen molar-refractivity contribution in [3.8, 4) is 0 Å². The normalized spacial score (nSPS) is 9.57. The first kappa shape index (κ1) is 10.7. The number of hydrogen-bond donors (Lipinski definition) is 1. The van der Waals surface area contributed by atoms with Crippen LogP contribution in [-0.4, -0.2) is 11.8 Å². The first-order chi connectivity index (χ1) is 6.65. The lowest BCUT2D eigenvalue weighted by Gasteiger charge is -1.99. The Labute approximate surface area is 85.8 Å². The highest BCUT2D eigenvalue weighted by molar-refractivity contribution is 7.92. The van der Waals surface area contributed by atoms with Crippen molar-refractivity contribution in [2.45, 2.75) is 6.92 Å². The van der Waals surface area contributed by atoms with E-state index in [0.717, 1.165) is 0 Å². The summed E-state index contributed by atoms with van der Waals surface area (Å²) in [5.41, 5.74) is 0.926. The lowest BCUT2D eigenvalue weighted by molar-refractivity contribution is 0.0767. The Morgan fingerprint density at radius 2 is 1.71 bits per heavy atom. The molecule has 0 aliphatic heterocycles. The van der Waals surface area contributed by atoms with E-state index in [9.17, 15) is 9.59 Å². The number of benzene rings is 1. The van der Waals surface area contributed by atoms with Crippen LogP contribution in [-0.2, 0) is 4.18 Å². The second-order valence-electron chi connectivity index (χ2n) is 2.60. The molecule has 0 aliphatic carbocycles. The third-order valence-corrected chi connectivity index (χ3v) is 1.90. The molecule has 1 aromatic carbocycles. The Kier molecular flexibility index (Phi) is 3.67. The molecule has 0 radical (unpaired) electrons. The fourth-order valence-corrected chi connectivity index (χ4v) is 1.12. The monoisotopic (exact) mass is 211 g/mol. The van der Waals surface area contributed by atoms with E-state index in [0.29, 0.717) is 23.4 Å². The molecule has 0 saturated heterocycles. The van der Waals surface area contributed by atoms with Crippen LogP contribution in [0, 0.1) is 0 Å². The summed E-state index contributed by atoms with van der Waals surface area (Å²) in [5, 5.41) is 4.96. The summed E-state index contributed by atoms with van der Waals surface area (Å²) in [5.74, 6) is -0.564. The van der Waals surface area contributed by atoms with E-state index < -0.39 is 5.97 Å². The van der Waals surface area contributed by atoms with Gasteiger partial charge in [-0.3, -0.25) is 4.79 Å². The van der Waals surface area contributed by atoms with Gasteiger partial charge in [0.2, 0.25) is 0 Å². The molecular weight excluding hydrogens is 202 g/mol. The minimum absolute atomic E-state index is 0.0434. The summed E-state index contributed by atoms with van der Waals surface area (Å²) in [7, 11) is 0. The van der Waals surface area contributed by atoms with Gasteiger partial charge in [0, 0.05) is 5.56 Å². The van der Waals surface area contributed by atoms with Crippen LogP contribution in [0.4, 0.5) is 0 Å². The molecular formula is C9H9NO3S. The Hall–Kier alpha value is -1.33. The number of nitrogens with two attached hydrogens (primary N) is 1. The van der Waals surface area contributed by atoms with Crippen LogP contribution in [0.3, 0.4) is 0 Å². The number of carbonyl (C=O) groups is 2. The molecule has 0 fully saturated rings. The number of carbonyl (C=O) groups excluding carboxylic acids is 2. The van der Waals surface area contributed by atoms with Crippen LogP contribution < -0.4 is 5.14 Å². The molecule has 0 aliphatic rings. The highest BCUT2D eigenvalue weighted by Gasteiger charge is 2.07. The van der Waals surface area contributed by atoms with Crippen molar-refractivity contribution in [3.63, 3.8) is 0 Å². The first-order valence-corrected chi connectivity index (χ1v) is 4.64. The standard InChI is InChI=1S/C9H9NO3S/c1-6(11)7-2-4-8(5-3-7)9(12)13-14-10/h2-5H,10H2,1H3. The van der Waals surface area contributed by atoms with Gasteiger partial charge in [-0.05, 0) is 19.1 Å². The molecule has 0 heterocycles. The molecule has 0 amide bonds. The van der Waals surface area contributed by atoms with Crippen molar-refractivity contribution in [2.24, 2.45) is 5.14 Å². The Bertz CT molecular complexity index is 348. The van der Waals surface area contributed by atoms with E-state index in [1.807, 2.05) is 0 Å². The molecule has 0 spiro atoms. The van der Waals surface area contributed by atoms with E-state index in [1.165, 1.54) is 19.1 Å². The van der Waals surface area contributed by atoms with Gasteiger partial charge in [-0.2, -0.15) is 0 Å². The summed E-state index contributed by atoms with van der Waals surface area (Å²) in [6, 6.07) is 6.19. The van der Waals surface area contributed by atoms with E-state index in [2.05, 4.69) is 4.18 Å². The Morgan fingerprint density at radius 3 is 2.14 bits per heavy atom. The van der Waals surface area contributed by atoms with Gasteiger partial charge in [0.1, 0.15) is 12.2 Å². The van der Waals surface area contributed by atoms with Gasteiger partial charge < -0.3 is 4.18 Å². The van der Waals surface area contributed by atoms with E-state index in [1.54, 1.807) is 12.1 Å². The molecule has 0 unspecified atom stereocenters. The molecule has 4 nitrogen and oxygen atoms in total. The highest BCUT2D eigenvalue weighted by Crippen LogP contribution is 2.08. The van der Waals surface area contributed by atoms with Gasteiger partial charge in [0.05, 0.1) is 5.56 Å². The molecule has 0 bridgehead atoms. The molecule has 74 valence electrons. The van der Waals surface area contributed by atoms with Crippen molar-refractivity contribution in [1.82, 2.24) is 0 Å². The zero-order valence-corrected chi connectivity index (χ0v) is 8.34. The van der Waals surface area contributed by atoms with E-state index in [-0.39, 0.29) is 5.78 Å². The van der Waals surface area contributed by atoms with Gasteiger partial charge in [0.25, 0.3) is 0 Å². The third kappa shape index (κ3) is 2.58. The van der Waals surface area contributed by atoms with E-state index >= 15 is 0 Å². The molecule has 0 atom stereocenters. The Morgan fingerprint density at radius 1 is 1.21 bits per heavy atom. The SMILES string of the molecule is CC(=O)c1ccc(C(=O)OSN)cc1. The third-order valence-electron chi connectivity index (χ3n) is 1.65. The maximum absolute atomic E-state index is 11.1. The van der Waals surface area contributed by atoms with Gasteiger partial charge in [-0.25, -0.2) is 9.93 Å². The van der Waals surface area contributed by atoms with Crippen molar-refractivity contribution in [3.05, 3.63) is 35.4 Å². The average Bonchev–Trinajstić information content (AvgIpc) is 2.18. The fraction of sp³-hybridized carbons (Fsp3) is 0.111. The zero-order valence-electron chi connectivity index (χ0n) is 7.52. The van der Waals surface area contributed by atoms with Crippen LogP contribution in [0.5, 0.6) is 0 Å². The summed E-state index contributed by atoms with van der Waals surface area (Å²) in [4.78, 5) is 22.0. The van der Waals surface area contributed by atoms with Crippen LogP contribution in [0.1, 0.15) is 27.6 Å². The zero-order chi connectivity index (χ0) is 10.6. The summed E-state index contributed by atoms with van der Waals surface area (Å²) < 4.78 is 4.50. The highest BCUT2D eigenvalue weighted by atomic mass is 32.2. The van der Waals surface area contributed by atoms with Crippen LogP contribution in [0.25, 0.3) is 0 Å². The minimum Gasteiger partial charge on any atom is -0.371 e. The lowest BCUT2D eigenvalue weighted by atomic mass is 10.1. The van der Waals surface area contributed by atoms with Crippen LogP contribution in [0.2, 0.25) is 0 Å². The minimum atomic E-state index is -0.521. The molecule has 2 N–H and O–H groups in total. The van der Waals surface area contributed by atoms with Crippen molar-refractivity contribution in [2.75, 3.05) is 0 Å². The molecule has 1 rings (SSSR count). The fourth-order valence-electron chi connectivity index (χ4n) is 0.933. The quantitative estimate of drug-likeness (QED) is 0.467. The van der Waals surface area contributed by atoms with Gasteiger partial charge in [0.15, 0.2) is 5.78 Å². The summed E-state index contributed by atoms with van der Waals surface area (Å²) >= 11 is 0.499. The smallest absolute Gasteiger partial charge is 0.351 e. The first-order valence-electron chi connectivity index (χ1n) is 3.84. The predicted octanol–water partition coefficient (Wildman–Crippen LogP) is 1.57. The molecule has 5 heteroatoms. The number of hydrogen-bond acceptors (Lipinski definition) is 5. The summed E-state index contributed by atoms with van der Waals surface area (Å²) in [6.45, 7) is 1.46. The van der Waals surface area contributed by atoms with Crippen molar-refractivity contribution in [1.29, 1.82) is 0 Å². The van der Waals surface area contributed by atoms with E-state index in [4.69, 9.17) is 5.14 Å². The number of Topliss-reactive ketones (excluding diaryl/α,β-unsaturated/α-hetero) is 1. The maximum atomic E-state index is 11.1. The average molecular weight is 211 g/mol. The molecule has 1 aromatic rings. The lowest BCUT2D eigenvalue weighted by Crippen LogP contribution is -2.02. The van der Waals surface area contributed by atoms with Crippen molar-refractivity contribution < 1.29 is 13.8 Å². The van der Waals surface area contributed by atoms with Crippen molar-refractivity contribution >= 4 is 24.0 Å². The molecule has 0 aromatic heterocycles. The predicted molar refractivity (Wildman–Crippen MR) is 53.6 cm³/mol. The number of rotatable bonds is 3. The molecule has 14 heavy (non-hydrogen) atoms. The largest absolute Gasteiger partial charge is 0.371 e. The molecule has 0 saturated carbocycles. The van der Waals surface area contributed by atoms with Gasteiger partial charge >= 0.3 is 5.97 Å². The van der Waals surface area contributed by atoms with Gasteiger partial charge in [-0.1, -0.05) is 12.1 Å². The van der Waals surface area contributed by atoms with Crippen LogP contribution in [0.15, 0.2) is 24.3 Å².